The molecule has 3 aliphatic rings. The predicted molar refractivity (Wildman–Crippen MR) is 144 cm³/mol. The van der Waals surface area contributed by atoms with Crippen molar-refractivity contribution >= 4 is 34.0 Å². The Bertz CT molecular complexity index is 1290. The molecule has 196 valence electrons. The molecule has 0 amide bonds. The smallest absolute Gasteiger partial charge is 0.227 e. The lowest BCUT2D eigenvalue weighted by molar-refractivity contribution is -0.0332. The molecule has 0 saturated carbocycles. The number of benzene rings is 1. The van der Waals surface area contributed by atoms with Crippen LogP contribution >= 0.6 is 0 Å². The van der Waals surface area contributed by atoms with E-state index in [0.29, 0.717) is 48.3 Å². The quantitative estimate of drug-likeness (QED) is 0.531. The highest BCUT2D eigenvalue weighted by atomic mass is 19.1. The molecule has 6 rings (SSSR count). The van der Waals surface area contributed by atoms with Crippen LogP contribution in [-0.4, -0.2) is 71.2 Å². The van der Waals surface area contributed by atoms with E-state index in [1.54, 1.807) is 24.1 Å². The molecule has 0 unspecified atom stereocenters. The van der Waals surface area contributed by atoms with Crippen molar-refractivity contribution in [2.75, 3.05) is 54.5 Å². The van der Waals surface area contributed by atoms with Crippen LogP contribution in [0, 0.1) is 11.8 Å². The van der Waals surface area contributed by atoms with Gasteiger partial charge in [-0.05, 0) is 48.4 Å². The number of pyridine rings is 1. The molecule has 0 bridgehead atoms. The Labute approximate surface area is 216 Å². The van der Waals surface area contributed by atoms with Crippen LogP contribution in [-0.2, 0) is 4.74 Å². The van der Waals surface area contributed by atoms with E-state index in [1.165, 1.54) is 16.6 Å². The van der Waals surface area contributed by atoms with Crippen LogP contribution in [0.2, 0.25) is 0 Å². The number of halogens is 1. The molecular weight excluding hydrogens is 471 g/mol. The number of rotatable bonds is 5. The fraction of sp³-hybridized carbons (Fsp3) is 0.536. The Morgan fingerprint density at radius 1 is 1.05 bits per heavy atom. The molecule has 3 aromatic rings. The van der Waals surface area contributed by atoms with E-state index < -0.39 is 11.8 Å². The number of nitrogens with zero attached hydrogens (tertiary/aromatic N) is 5. The van der Waals surface area contributed by atoms with Gasteiger partial charge in [0.05, 0.1) is 25.4 Å². The third-order valence-corrected chi connectivity index (χ3v) is 8.24. The third kappa shape index (κ3) is 4.59. The monoisotopic (exact) mass is 506 g/mol. The van der Waals surface area contributed by atoms with Crippen molar-refractivity contribution in [3.63, 3.8) is 0 Å². The summed E-state index contributed by atoms with van der Waals surface area (Å²) in [5.41, 5.74) is 1.21. The van der Waals surface area contributed by atoms with Gasteiger partial charge >= 0.3 is 0 Å². The summed E-state index contributed by atoms with van der Waals surface area (Å²) in [6.07, 6.45) is 2.60. The molecule has 3 saturated heterocycles. The van der Waals surface area contributed by atoms with Crippen LogP contribution in [0.5, 0.6) is 0 Å². The van der Waals surface area contributed by atoms with Gasteiger partial charge in [0.2, 0.25) is 5.95 Å². The van der Waals surface area contributed by atoms with Crippen LogP contribution in [0.1, 0.15) is 38.7 Å². The summed E-state index contributed by atoms with van der Waals surface area (Å²) < 4.78 is 20.1. The van der Waals surface area contributed by atoms with E-state index >= 15 is 0 Å². The van der Waals surface area contributed by atoms with Crippen LogP contribution in [0.25, 0.3) is 10.8 Å². The molecular formula is C28H35FN6O2. The molecule has 37 heavy (non-hydrogen) atoms. The number of anilines is 4. The molecule has 8 nitrogen and oxygen atoms in total. The van der Waals surface area contributed by atoms with Crippen LogP contribution in [0.15, 0.2) is 36.7 Å². The van der Waals surface area contributed by atoms with Crippen molar-refractivity contribution in [3.8, 4) is 0 Å². The average molecular weight is 507 g/mol. The van der Waals surface area contributed by atoms with Gasteiger partial charge in [0, 0.05) is 54.9 Å². The van der Waals surface area contributed by atoms with Gasteiger partial charge in [0.15, 0.2) is 0 Å². The summed E-state index contributed by atoms with van der Waals surface area (Å²) in [6.45, 7) is 10.3. The standard InChI is InChI=1S/C28H35FN6O2/c1-17(2)20-4-5-23(35-12-18-15-37-16-19(18)13-35)22-11-31-26(10-21(20)22)32-25-6-8-30-27(33-25)34-9-7-28(3,36)24(29)14-34/h4-6,8,10-11,17-19,24,36H,7,9,12-16H2,1-3H3,(H,30,31,32,33)/t18-,19+,24-,28+/m0/s1. The summed E-state index contributed by atoms with van der Waals surface area (Å²) in [5.74, 6) is 3.33. The van der Waals surface area contributed by atoms with Gasteiger partial charge in [-0.3, -0.25) is 0 Å². The SMILES string of the molecule is CC(C)c1ccc(N2C[C@H]3COC[C@H]3C2)c2cnc(Nc3ccnc(N4CC[C@@](C)(O)[C@@H](F)C4)n3)cc12. The first kappa shape index (κ1) is 24.3. The largest absolute Gasteiger partial charge is 0.387 e. The zero-order chi connectivity index (χ0) is 25.7. The van der Waals surface area contributed by atoms with Crippen molar-refractivity contribution in [2.45, 2.75) is 44.9 Å². The number of hydrogen-bond acceptors (Lipinski definition) is 8. The maximum atomic E-state index is 14.4. The van der Waals surface area contributed by atoms with Crippen LogP contribution in [0.4, 0.5) is 27.7 Å². The molecule has 9 heteroatoms. The van der Waals surface area contributed by atoms with Crippen LogP contribution in [0.3, 0.4) is 0 Å². The van der Waals surface area contributed by atoms with E-state index in [-0.39, 0.29) is 6.54 Å². The minimum atomic E-state index is -1.35. The Hall–Kier alpha value is -3.04. The first-order valence-corrected chi connectivity index (χ1v) is 13.3. The van der Waals surface area contributed by atoms with Gasteiger partial charge in [-0.15, -0.1) is 0 Å². The fourth-order valence-corrected chi connectivity index (χ4v) is 5.86. The Balaban J connectivity index is 1.27. The van der Waals surface area contributed by atoms with Crippen molar-refractivity contribution in [2.24, 2.45) is 11.8 Å². The number of aliphatic hydroxyl groups is 1. The summed E-state index contributed by atoms with van der Waals surface area (Å²) in [5, 5.41) is 15.8. The Morgan fingerprint density at radius 3 is 2.57 bits per heavy atom. The van der Waals surface area contributed by atoms with Gasteiger partial charge in [-0.25, -0.2) is 14.4 Å². The van der Waals surface area contributed by atoms with Crippen molar-refractivity contribution in [3.05, 3.63) is 42.2 Å². The molecule has 2 N–H and O–H groups in total. The number of ether oxygens (including phenoxy) is 1. The van der Waals surface area contributed by atoms with Gasteiger partial charge in [0.25, 0.3) is 0 Å². The lowest BCUT2D eigenvalue weighted by atomic mass is 9.92. The number of hydrogen-bond donors (Lipinski definition) is 2. The average Bonchev–Trinajstić information content (AvgIpc) is 3.48. The summed E-state index contributed by atoms with van der Waals surface area (Å²) in [6, 6.07) is 8.39. The summed E-state index contributed by atoms with van der Waals surface area (Å²) >= 11 is 0. The number of piperidine rings is 1. The zero-order valence-electron chi connectivity index (χ0n) is 21.7. The predicted octanol–water partition coefficient (Wildman–Crippen LogP) is 4.27. The maximum Gasteiger partial charge on any atom is 0.227 e. The molecule has 3 aliphatic heterocycles. The van der Waals surface area contributed by atoms with E-state index in [4.69, 9.17) is 9.72 Å². The number of nitrogens with one attached hydrogen (secondary N) is 1. The first-order chi connectivity index (χ1) is 17.8. The number of aromatic nitrogens is 3. The molecule has 4 atom stereocenters. The number of fused-ring (bicyclic) bond motifs is 2. The van der Waals surface area contributed by atoms with Gasteiger partial charge in [-0.2, -0.15) is 4.98 Å². The molecule has 5 heterocycles. The maximum absolute atomic E-state index is 14.4. The highest BCUT2D eigenvalue weighted by Crippen LogP contribution is 2.39. The van der Waals surface area contributed by atoms with E-state index in [9.17, 15) is 9.50 Å². The molecule has 0 spiro atoms. The van der Waals surface area contributed by atoms with Gasteiger partial charge < -0.3 is 25.0 Å². The molecule has 1 aromatic carbocycles. The second kappa shape index (κ2) is 9.36. The Morgan fingerprint density at radius 2 is 1.84 bits per heavy atom. The van der Waals surface area contributed by atoms with Gasteiger partial charge in [0.1, 0.15) is 17.8 Å². The van der Waals surface area contributed by atoms with Crippen molar-refractivity contribution in [1.82, 2.24) is 15.0 Å². The number of alkyl halides is 1. The van der Waals surface area contributed by atoms with Crippen LogP contribution < -0.4 is 15.1 Å². The minimum absolute atomic E-state index is 0.0650. The normalized spacial score (nSPS) is 27.8. The molecule has 3 fully saturated rings. The minimum Gasteiger partial charge on any atom is -0.387 e. The second-order valence-electron chi connectivity index (χ2n) is 11.3. The summed E-state index contributed by atoms with van der Waals surface area (Å²) in [4.78, 5) is 18.0. The molecule has 2 aromatic heterocycles. The molecule has 0 radical (unpaired) electrons. The highest BCUT2D eigenvalue weighted by Gasteiger charge is 2.39. The van der Waals surface area contributed by atoms with Gasteiger partial charge in [-0.1, -0.05) is 19.9 Å². The lowest BCUT2D eigenvalue weighted by Gasteiger charge is -2.38. The summed E-state index contributed by atoms with van der Waals surface area (Å²) in [7, 11) is 0. The van der Waals surface area contributed by atoms with E-state index in [0.717, 1.165) is 31.7 Å². The van der Waals surface area contributed by atoms with E-state index in [1.807, 2.05) is 6.20 Å². The second-order valence-corrected chi connectivity index (χ2v) is 11.3. The third-order valence-electron chi connectivity index (χ3n) is 8.24. The van der Waals surface area contributed by atoms with Crippen molar-refractivity contribution < 1.29 is 14.2 Å². The molecule has 0 aliphatic carbocycles. The Kier molecular flexibility index (Phi) is 6.15. The van der Waals surface area contributed by atoms with E-state index in [2.05, 4.69) is 52.2 Å². The lowest BCUT2D eigenvalue weighted by Crippen LogP contribution is -2.52. The topological polar surface area (TPSA) is 86.6 Å². The zero-order valence-corrected chi connectivity index (χ0v) is 21.7. The first-order valence-electron chi connectivity index (χ1n) is 13.3. The fourth-order valence-electron chi connectivity index (χ4n) is 5.86. The highest BCUT2D eigenvalue weighted by molar-refractivity contribution is 5.97. The van der Waals surface area contributed by atoms with Crippen molar-refractivity contribution in [1.29, 1.82) is 0 Å².